The highest BCUT2D eigenvalue weighted by Gasteiger charge is 2.26. The molecule has 2 N–H and O–H groups in total. The number of halogens is 2. The fourth-order valence-electron chi connectivity index (χ4n) is 1.93. The largest absolute Gasteiger partial charge is 0.398 e. The minimum atomic E-state index is -0.492. The van der Waals surface area contributed by atoms with Crippen LogP contribution in [0.4, 0.5) is 10.1 Å². The summed E-state index contributed by atoms with van der Waals surface area (Å²) in [5.74, 6) is -0.747. The van der Waals surface area contributed by atoms with Crippen molar-refractivity contribution in [3.8, 4) is 0 Å². The summed E-state index contributed by atoms with van der Waals surface area (Å²) >= 11 is 3.04. The fourth-order valence-corrected chi connectivity index (χ4v) is 2.29. The number of benzene rings is 1. The van der Waals surface area contributed by atoms with Gasteiger partial charge in [-0.3, -0.25) is 4.79 Å². The van der Waals surface area contributed by atoms with E-state index in [9.17, 15) is 9.18 Å². The number of hydrogen-bond donors (Lipinski definition) is 1. The molecule has 1 heterocycles. The Balaban J connectivity index is 2.30. The normalized spacial score (nSPS) is 19.9. The van der Waals surface area contributed by atoms with E-state index in [2.05, 4.69) is 15.9 Å². The molecule has 0 aliphatic carbocycles. The second kappa shape index (κ2) is 5.24. The SMILES string of the molecule is CC1COCCN1C(=O)c1cc(F)c(Br)cc1N. The van der Waals surface area contributed by atoms with Crippen molar-refractivity contribution in [1.29, 1.82) is 0 Å². The number of morpholine rings is 1. The number of carbonyl (C=O) groups excluding carboxylic acids is 1. The summed E-state index contributed by atoms with van der Waals surface area (Å²) in [6, 6.07) is 2.55. The Morgan fingerprint density at radius 3 is 3.00 bits per heavy atom. The summed E-state index contributed by atoms with van der Waals surface area (Å²) in [5, 5.41) is 0. The maximum absolute atomic E-state index is 13.5. The molecule has 1 saturated heterocycles. The minimum absolute atomic E-state index is 0.0302. The molecule has 1 amide bonds. The van der Waals surface area contributed by atoms with Gasteiger partial charge in [-0.2, -0.15) is 0 Å². The van der Waals surface area contributed by atoms with Gasteiger partial charge in [0.05, 0.1) is 29.3 Å². The molecule has 6 heteroatoms. The number of nitrogen functional groups attached to an aromatic ring is 1. The average Bonchev–Trinajstić information content (AvgIpc) is 2.33. The Hall–Kier alpha value is -1.14. The average molecular weight is 317 g/mol. The van der Waals surface area contributed by atoms with Gasteiger partial charge in [0, 0.05) is 12.2 Å². The quantitative estimate of drug-likeness (QED) is 0.807. The summed E-state index contributed by atoms with van der Waals surface area (Å²) in [7, 11) is 0. The predicted molar refractivity (Wildman–Crippen MR) is 69.8 cm³/mol. The molecule has 1 fully saturated rings. The van der Waals surface area contributed by atoms with Crippen LogP contribution in [0.15, 0.2) is 16.6 Å². The van der Waals surface area contributed by atoms with Crippen LogP contribution in [-0.2, 0) is 4.74 Å². The van der Waals surface area contributed by atoms with Crippen molar-refractivity contribution in [2.24, 2.45) is 0 Å². The molecule has 1 atom stereocenters. The van der Waals surface area contributed by atoms with Crippen LogP contribution in [0.25, 0.3) is 0 Å². The first kappa shape index (κ1) is 13.3. The van der Waals surface area contributed by atoms with Gasteiger partial charge in [0.25, 0.3) is 5.91 Å². The van der Waals surface area contributed by atoms with E-state index in [0.29, 0.717) is 19.8 Å². The highest BCUT2D eigenvalue weighted by molar-refractivity contribution is 9.10. The Bertz CT molecular complexity index is 481. The van der Waals surface area contributed by atoms with Crippen molar-refractivity contribution < 1.29 is 13.9 Å². The molecule has 4 nitrogen and oxygen atoms in total. The van der Waals surface area contributed by atoms with Crippen molar-refractivity contribution in [3.63, 3.8) is 0 Å². The van der Waals surface area contributed by atoms with E-state index in [-0.39, 0.29) is 27.7 Å². The van der Waals surface area contributed by atoms with Crippen molar-refractivity contribution in [1.82, 2.24) is 4.90 Å². The van der Waals surface area contributed by atoms with Gasteiger partial charge in [-0.15, -0.1) is 0 Å². The summed E-state index contributed by atoms with van der Waals surface area (Å²) < 4.78 is 19.0. The first-order chi connectivity index (χ1) is 8.50. The third kappa shape index (κ3) is 2.49. The van der Waals surface area contributed by atoms with Crippen LogP contribution in [-0.4, -0.2) is 36.6 Å². The molecule has 1 aliphatic rings. The second-order valence-electron chi connectivity index (χ2n) is 4.28. The Morgan fingerprint density at radius 2 is 2.33 bits per heavy atom. The molecule has 0 aromatic heterocycles. The number of hydrogen-bond acceptors (Lipinski definition) is 3. The van der Waals surface area contributed by atoms with Gasteiger partial charge in [0.15, 0.2) is 0 Å². The third-order valence-electron chi connectivity index (χ3n) is 2.95. The number of anilines is 1. The van der Waals surface area contributed by atoms with Crippen LogP contribution in [0, 0.1) is 5.82 Å². The maximum Gasteiger partial charge on any atom is 0.256 e. The third-order valence-corrected chi connectivity index (χ3v) is 3.56. The monoisotopic (exact) mass is 316 g/mol. The van der Waals surface area contributed by atoms with Crippen molar-refractivity contribution in [2.75, 3.05) is 25.5 Å². The molecule has 1 aliphatic heterocycles. The molecular formula is C12H14BrFN2O2. The fraction of sp³-hybridized carbons (Fsp3) is 0.417. The number of nitrogens with two attached hydrogens (primary N) is 1. The lowest BCUT2D eigenvalue weighted by molar-refractivity contribution is 0.00363. The lowest BCUT2D eigenvalue weighted by atomic mass is 10.1. The summed E-state index contributed by atoms with van der Waals surface area (Å²) in [4.78, 5) is 14.0. The minimum Gasteiger partial charge on any atom is -0.398 e. The first-order valence-corrected chi connectivity index (χ1v) is 6.43. The number of amides is 1. The Kier molecular flexibility index (Phi) is 3.87. The zero-order valence-corrected chi connectivity index (χ0v) is 11.5. The van der Waals surface area contributed by atoms with Gasteiger partial charge in [0.1, 0.15) is 5.82 Å². The van der Waals surface area contributed by atoms with E-state index in [4.69, 9.17) is 10.5 Å². The highest BCUT2D eigenvalue weighted by Crippen LogP contribution is 2.24. The molecule has 1 unspecified atom stereocenters. The lowest BCUT2D eigenvalue weighted by Gasteiger charge is -2.33. The molecule has 2 rings (SSSR count). The van der Waals surface area contributed by atoms with Gasteiger partial charge in [-0.1, -0.05) is 0 Å². The first-order valence-electron chi connectivity index (χ1n) is 5.64. The van der Waals surface area contributed by atoms with Crippen LogP contribution in [0.3, 0.4) is 0 Å². The van der Waals surface area contributed by atoms with Crippen molar-refractivity contribution in [3.05, 3.63) is 28.0 Å². The van der Waals surface area contributed by atoms with Gasteiger partial charge in [0.2, 0.25) is 0 Å². The van der Waals surface area contributed by atoms with Crippen LogP contribution in [0.2, 0.25) is 0 Å². The zero-order valence-electron chi connectivity index (χ0n) is 9.95. The number of rotatable bonds is 1. The molecule has 1 aromatic rings. The standard InChI is InChI=1S/C12H14BrFN2O2/c1-7-6-18-3-2-16(7)12(17)8-4-10(14)9(13)5-11(8)15/h4-5,7H,2-3,6,15H2,1H3. The predicted octanol–water partition coefficient (Wildman–Crippen LogP) is 2.03. The van der Waals surface area contributed by atoms with Gasteiger partial charge in [-0.25, -0.2) is 4.39 Å². The highest BCUT2D eigenvalue weighted by atomic mass is 79.9. The second-order valence-corrected chi connectivity index (χ2v) is 5.13. The summed E-state index contributed by atoms with van der Waals surface area (Å²) in [6.45, 7) is 3.37. The Labute approximate surface area is 113 Å². The summed E-state index contributed by atoms with van der Waals surface area (Å²) in [5.41, 5.74) is 6.24. The zero-order chi connectivity index (χ0) is 13.3. The molecule has 0 spiro atoms. The number of nitrogens with zero attached hydrogens (tertiary/aromatic N) is 1. The van der Waals surface area contributed by atoms with E-state index in [1.165, 1.54) is 12.1 Å². The maximum atomic E-state index is 13.5. The van der Waals surface area contributed by atoms with Crippen LogP contribution >= 0.6 is 15.9 Å². The van der Waals surface area contributed by atoms with Crippen LogP contribution < -0.4 is 5.73 Å². The van der Waals surface area contributed by atoms with Gasteiger partial charge < -0.3 is 15.4 Å². The lowest BCUT2D eigenvalue weighted by Crippen LogP contribution is -2.47. The topological polar surface area (TPSA) is 55.6 Å². The van der Waals surface area contributed by atoms with E-state index in [0.717, 1.165) is 0 Å². The van der Waals surface area contributed by atoms with Crippen molar-refractivity contribution >= 4 is 27.5 Å². The van der Waals surface area contributed by atoms with E-state index in [1.54, 1.807) is 4.90 Å². The van der Waals surface area contributed by atoms with E-state index >= 15 is 0 Å². The summed E-state index contributed by atoms with van der Waals surface area (Å²) in [6.07, 6.45) is 0. The molecule has 0 bridgehead atoms. The molecule has 18 heavy (non-hydrogen) atoms. The van der Waals surface area contributed by atoms with E-state index in [1.807, 2.05) is 6.92 Å². The molecule has 0 radical (unpaired) electrons. The molecular weight excluding hydrogens is 303 g/mol. The van der Waals surface area contributed by atoms with Gasteiger partial charge >= 0.3 is 0 Å². The van der Waals surface area contributed by atoms with E-state index < -0.39 is 5.82 Å². The van der Waals surface area contributed by atoms with Crippen molar-refractivity contribution in [2.45, 2.75) is 13.0 Å². The number of carbonyl (C=O) groups is 1. The molecule has 1 aromatic carbocycles. The van der Waals surface area contributed by atoms with Crippen LogP contribution in [0.1, 0.15) is 17.3 Å². The smallest absolute Gasteiger partial charge is 0.256 e. The molecule has 0 saturated carbocycles. The van der Waals surface area contributed by atoms with Crippen LogP contribution in [0.5, 0.6) is 0 Å². The Morgan fingerprint density at radius 1 is 1.61 bits per heavy atom. The number of ether oxygens (including phenoxy) is 1. The molecule has 98 valence electrons. The van der Waals surface area contributed by atoms with Gasteiger partial charge in [-0.05, 0) is 35.0 Å².